The number of benzene rings is 1. The van der Waals surface area contributed by atoms with E-state index in [0.717, 1.165) is 4.46 Å². The summed E-state index contributed by atoms with van der Waals surface area (Å²) in [6.07, 6.45) is -1.24. The fourth-order valence-electron chi connectivity index (χ4n) is 1.98. The minimum atomic E-state index is -1.53. The Bertz CT molecular complexity index is 491. The van der Waals surface area contributed by atoms with Crippen molar-refractivity contribution in [3.05, 3.63) is 30.3 Å². The zero-order valence-electron chi connectivity index (χ0n) is 13.1. The van der Waals surface area contributed by atoms with Gasteiger partial charge in [-0.3, -0.25) is 0 Å². The molecular weight excluding hydrogens is 351 g/mol. The van der Waals surface area contributed by atoms with E-state index < -0.39 is 37.3 Å². The van der Waals surface area contributed by atoms with Crippen LogP contribution >= 0.6 is 0 Å². The van der Waals surface area contributed by atoms with E-state index in [9.17, 15) is 14.7 Å². The number of aliphatic hydroxyl groups excluding tert-OH is 1. The number of rotatable bonds is 8. The number of hydrogen-bond donors (Lipinski definition) is 1. The molecule has 0 radical (unpaired) electrons. The number of aliphatic hydroxyl groups is 1. The molecule has 0 spiro atoms. The Morgan fingerprint density at radius 1 is 1.14 bits per heavy atom. The van der Waals surface area contributed by atoms with Crippen LogP contribution in [0, 0.1) is 0 Å². The van der Waals surface area contributed by atoms with Gasteiger partial charge in [-0.2, -0.15) is 0 Å². The molecule has 5 nitrogen and oxygen atoms in total. The molecule has 0 saturated heterocycles. The van der Waals surface area contributed by atoms with Crippen molar-refractivity contribution in [2.24, 2.45) is 0 Å². The molecule has 0 amide bonds. The molecule has 0 saturated carbocycles. The van der Waals surface area contributed by atoms with Gasteiger partial charge < -0.3 is 0 Å². The molecule has 0 fully saturated rings. The molecule has 1 unspecified atom stereocenters. The van der Waals surface area contributed by atoms with Crippen LogP contribution in [0.25, 0.3) is 0 Å². The van der Waals surface area contributed by atoms with Crippen LogP contribution in [0.4, 0.5) is 0 Å². The molecule has 0 aliphatic heterocycles. The van der Waals surface area contributed by atoms with E-state index in [-0.39, 0.29) is 13.2 Å². The molecule has 0 heterocycles. The first-order chi connectivity index (χ1) is 10.5. The summed E-state index contributed by atoms with van der Waals surface area (Å²) in [4.78, 5) is 24.5. The zero-order valence-corrected chi connectivity index (χ0v) is 14.8. The number of carbonyl (C=O) groups excluding carboxylic acids is 2. The third-order valence-corrected chi connectivity index (χ3v) is 6.39. The zero-order chi connectivity index (χ0) is 16.6. The van der Waals surface area contributed by atoms with Gasteiger partial charge in [-0.1, -0.05) is 0 Å². The van der Waals surface area contributed by atoms with Crippen LogP contribution in [0.1, 0.15) is 27.2 Å². The Balaban J connectivity index is 3.17. The quantitative estimate of drug-likeness (QED) is 0.545. The average Bonchev–Trinajstić information content (AvgIpc) is 2.53. The van der Waals surface area contributed by atoms with E-state index in [1.807, 2.05) is 30.3 Å². The minimum absolute atomic E-state index is 0.150. The maximum atomic E-state index is 12.5. The molecule has 1 aromatic carbocycles. The second kappa shape index (κ2) is 8.93. The van der Waals surface area contributed by atoms with E-state index in [4.69, 9.17) is 9.47 Å². The second-order valence-electron chi connectivity index (χ2n) is 4.53. The summed E-state index contributed by atoms with van der Waals surface area (Å²) in [5.74, 6) is -1.34. The van der Waals surface area contributed by atoms with E-state index >= 15 is 0 Å². The van der Waals surface area contributed by atoms with Gasteiger partial charge in [0.2, 0.25) is 0 Å². The van der Waals surface area contributed by atoms with Crippen molar-refractivity contribution in [2.75, 3.05) is 13.2 Å². The van der Waals surface area contributed by atoms with E-state index in [0.29, 0.717) is 6.42 Å². The summed E-state index contributed by atoms with van der Waals surface area (Å²) in [5.41, 5.74) is 0. The molecule has 22 heavy (non-hydrogen) atoms. The Morgan fingerprint density at radius 2 is 1.73 bits per heavy atom. The van der Waals surface area contributed by atoms with Gasteiger partial charge in [-0.05, 0) is 0 Å². The normalized spacial score (nSPS) is 14.7. The molecule has 0 aromatic heterocycles. The number of esters is 2. The average molecular weight is 373 g/mol. The van der Waals surface area contributed by atoms with Crippen molar-refractivity contribution in [1.29, 1.82) is 0 Å². The van der Waals surface area contributed by atoms with Crippen LogP contribution in [0.2, 0.25) is 4.31 Å². The Labute approximate surface area is 137 Å². The molecule has 2 atom stereocenters. The first-order valence-corrected chi connectivity index (χ1v) is 8.99. The summed E-state index contributed by atoms with van der Waals surface area (Å²) in [5, 5.41) is 10.5. The van der Waals surface area contributed by atoms with Crippen LogP contribution < -0.4 is 4.46 Å². The van der Waals surface area contributed by atoms with Crippen LogP contribution in [-0.4, -0.2) is 51.3 Å². The van der Waals surface area contributed by atoms with Crippen LogP contribution in [0.3, 0.4) is 0 Å². The van der Waals surface area contributed by atoms with Gasteiger partial charge in [-0.15, -0.1) is 0 Å². The number of hydrogen-bond acceptors (Lipinski definition) is 5. The molecule has 1 aromatic rings. The summed E-state index contributed by atoms with van der Waals surface area (Å²) >= 11 is -0.471. The predicted octanol–water partition coefficient (Wildman–Crippen LogP) is 1.07. The standard InChI is InChI=1S/C16H22O5Se/c1-4-16(15(19)21-6-3,13(17)14(18)20-5-2)22-12-10-8-7-9-11-12/h7-11,13,17H,4-6H2,1-3H3/t13-,16?/m0/s1. The topological polar surface area (TPSA) is 72.8 Å². The van der Waals surface area contributed by atoms with Gasteiger partial charge in [0.1, 0.15) is 0 Å². The number of ether oxygens (including phenoxy) is 2. The van der Waals surface area contributed by atoms with E-state index in [1.54, 1.807) is 20.8 Å². The Hall–Kier alpha value is -1.36. The fraction of sp³-hybridized carbons (Fsp3) is 0.500. The van der Waals surface area contributed by atoms with Gasteiger partial charge in [0.25, 0.3) is 0 Å². The third-order valence-electron chi connectivity index (χ3n) is 3.14. The SMILES string of the molecule is CCOC(=O)[C@H](O)C(CC)([Se]c1ccccc1)C(=O)OCC. The predicted molar refractivity (Wildman–Crippen MR) is 84.1 cm³/mol. The van der Waals surface area contributed by atoms with E-state index in [2.05, 4.69) is 0 Å². The van der Waals surface area contributed by atoms with Gasteiger partial charge in [-0.25, -0.2) is 0 Å². The summed E-state index contributed by atoms with van der Waals surface area (Å²) in [7, 11) is 0. The van der Waals surface area contributed by atoms with Crippen molar-refractivity contribution in [3.8, 4) is 0 Å². The summed E-state index contributed by atoms with van der Waals surface area (Å²) in [6.45, 7) is 5.47. The van der Waals surface area contributed by atoms with Gasteiger partial charge in [0.05, 0.1) is 0 Å². The van der Waals surface area contributed by atoms with Crippen molar-refractivity contribution >= 4 is 31.4 Å². The molecule has 0 aliphatic rings. The Kier molecular flexibility index (Phi) is 7.59. The molecule has 1 rings (SSSR count). The molecule has 6 heteroatoms. The number of carbonyl (C=O) groups is 2. The maximum absolute atomic E-state index is 12.5. The van der Waals surface area contributed by atoms with Crippen LogP contribution in [0.15, 0.2) is 30.3 Å². The molecule has 1 N–H and O–H groups in total. The van der Waals surface area contributed by atoms with Gasteiger partial charge >= 0.3 is 137 Å². The van der Waals surface area contributed by atoms with Gasteiger partial charge in [0.15, 0.2) is 0 Å². The second-order valence-corrected chi connectivity index (χ2v) is 7.48. The van der Waals surface area contributed by atoms with Crippen molar-refractivity contribution in [3.63, 3.8) is 0 Å². The first kappa shape index (κ1) is 18.7. The summed E-state index contributed by atoms with van der Waals surface area (Å²) in [6, 6.07) is 9.35. The summed E-state index contributed by atoms with van der Waals surface area (Å²) < 4.78 is 9.65. The monoisotopic (exact) mass is 374 g/mol. The molecule has 122 valence electrons. The third kappa shape index (κ3) is 4.32. The van der Waals surface area contributed by atoms with Crippen molar-refractivity contribution in [1.82, 2.24) is 0 Å². The van der Waals surface area contributed by atoms with Crippen molar-refractivity contribution in [2.45, 2.75) is 37.6 Å². The Morgan fingerprint density at radius 3 is 2.23 bits per heavy atom. The molecule has 0 bridgehead atoms. The van der Waals surface area contributed by atoms with Gasteiger partial charge in [0, 0.05) is 0 Å². The van der Waals surface area contributed by atoms with Crippen LogP contribution in [-0.2, 0) is 19.1 Å². The fourth-order valence-corrected chi connectivity index (χ4v) is 4.52. The van der Waals surface area contributed by atoms with E-state index in [1.165, 1.54) is 0 Å². The van der Waals surface area contributed by atoms with Crippen LogP contribution in [0.5, 0.6) is 0 Å². The molecular formula is C16H22O5Se. The first-order valence-electron chi connectivity index (χ1n) is 7.27. The van der Waals surface area contributed by atoms with Crippen molar-refractivity contribution < 1.29 is 24.2 Å². The molecule has 0 aliphatic carbocycles.